The van der Waals surface area contributed by atoms with Gasteiger partial charge in [-0.05, 0) is 35.4 Å². The zero-order chi connectivity index (χ0) is 20.8. The fourth-order valence-corrected chi connectivity index (χ4v) is 3.95. The van der Waals surface area contributed by atoms with Gasteiger partial charge in [-0.1, -0.05) is 35.9 Å². The van der Waals surface area contributed by atoms with Crippen molar-refractivity contribution in [2.24, 2.45) is 0 Å². The summed E-state index contributed by atoms with van der Waals surface area (Å²) in [7, 11) is 0. The van der Waals surface area contributed by atoms with Gasteiger partial charge >= 0.3 is 0 Å². The highest BCUT2D eigenvalue weighted by Crippen LogP contribution is 2.24. The van der Waals surface area contributed by atoms with Crippen LogP contribution >= 0.6 is 11.6 Å². The first kappa shape index (κ1) is 20.6. The predicted molar refractivity (Wildman–Crippen MR) is 117 cm³/mol. The molecule has 2 heterocycles. The monoisotopic (exact) mass is 424 g/mol. The highest BCUT2D eigenvalue weighted by Gasteiger charge is 2.23. The number of nitrogens with one attached hydrogen (secondary N) is 1. The third-order valence-electron chi connectivity index (χ3n) is 5.29. The number of morpholine rings is 1. The maximum Gasteiger partial charge on any atom is 0.251 e. The van der Waals surface area contributed by atoms with E-state index in [1.807, 2.05) is 53.2 Å². The van der Waals surface area contributed by atoms with E-state index in [1.165, 1.54) is 0 Å². The van der Waals surface area contributed by atoms with Gasteiger partial charge < -0.3 is 14.6 Å². The number of ether oxygens (including phenoxy) is 1. The number of hydrogen-bond donors (Lipinski definition) is 1. The fourth-order valence-electron chi connectivity index (χ4n) is 3.75. The maximum absolute atomic E-state index is 12.9. The van der Waals surface area contributed by atoms with Crippen molar-refractivity contribution >= 4 is 17.5 Å². The largest absolute Gasteiger partial charge is 0.379 e. The molecule has 2 aromatic carbocycles. The lowest BCUT2D eigenvalue weighted by molar-refractivity contribution is 0.0162. The van der Waals surface area contributed by atoms with Crippen LogP contribution in [-0.2, 0) is 11.3 Å². The first-order valence-corrected chi connectivity index (χ1v) is 10.5. The Kier molecular flexibility index (Phi) is 6.79. The van der Waals surface area contributed by atoms with Crippen LogP contribution in [-0.4, -0.2) is 53.2 Å². The molecule has 156 valence electrons. The molecule has 0 aliphatic carbocycles. The molecular formula is C23H25ClN4O2. The molecule has 1 amide bonds. The molecule has 1 N–H and O–H groups in total. The smallest absolute Gasteiger partial charge is 0.251 e. The lowest BCUT2D eigenvalue weighted by Gasteiger charge is -2.35. The zero-order valence-corrected chi connectivity index (χ0v) is 17.5. The molecular weight excluding hydrogens is 400 g/mol. The van der Waals surface area contributed by atoms with Crippen molar-refractivity contribution in [1.82, 2.24) is 19.8 Å². The van der Waals surface area contributed by atoms with Gasteiger partial charge in [0.05, 0.1) is 25.6 Å². The Morgan fingerprint density at radius 2 is 2.00 bits per heavy atom. The summed E-state index contributed by atoms with van der Waals surface area (Å²) >= 11 is 6.23. The van der Waals surface area contributed by atoms with Crippen molar-refractivity contribution in [2.45, 2.75) is 12.6 Å². The molecule has 0 saturated carbocycles. The van der Waals surface area contributed by atoms with Crippen LogP contribution in [0.2, 0.25) is 5.02 Å². The number of carbonyl (C=O) groups excluding carboxylic acids is 1. The van der Waals surface area contributed by atoms with E-state index in [9.17, 15) is 4.79 Å². The van der Waals surface area contributed by atoms with Crippen LogP contribution < -0.4 is 5.32 Å². The van der Waals surface area contributed by atoms with Crippen molar-refractivity contribution in [1.29, 1.82) is 0 Å². The summed E-state index contributed by atoms with van der Waals surface area (Å²) in [4.78, 5) is 19.3. The van der Waals surface area contributed by atoms with Gasteiger partial charge in [-0.25, -0.2) is 4.98 Å². The lowest BCUT2D eigenvalue weighted by Crippen LogP contribution is -2.43. The lowest BCUT2D eigenvalue weighted by atomic mass is 10.0. The van der Waals surface area contributed by atoms with Gasteiger partial charge in [-0.3, -0.25) is 9.69 Å². The van der Waals surface area contributed by atoms with Gasteiger partial charge in [0, 0.05) is 49.2 Å². The molecule has 1 aliphatic heterocycles. The van der Waals surface area contributed by atoms with Crippen molar-refractivity contribution in [2.75, 3.05) is 32.8 Å². The molecule has 1 fully saturated rings. The molecule has 0 bridgehead atoms. The van der Waals surface area contributed by atoms with Crippen LogP contribution in [0.5, 0.6) is 0 Å². The summed E-state index contributed by atoms with van der Waals surface area (Å²) in [5.41, 5.74) is 2.80. The Morgan fingerprint density at radius 1 is 1.17 bits per heavy atom. The standard InChI is InChI=1S/C23H25ClN4O2/c24-21-6-2-4-19(14-21)22(28-9-11-30-12-10-28)15-26-23(29)20-5-1-3-18(13-20)16-27-8-7-25-17-27/h1-8,13-14,17,22H,9-12,15-16H2,(H,26,29). The first-order valence-electron chi connectivity index (χ1n) is 10.1. The summed E-state index contributed by atoms with van der Waals surface area (Å²) in [6, 6.07) is 15.6. The average Bonchev–Trinajstić information content (AvgIpc) is 3.28. The molecule has 0 spiro atoms. The number of nitrogens with zero attached hydrogens (tertiary/aromatic N) is 3. The van der Waals surface area contributed by atoms with E-state index < -0.39 is 0 Å². The minimum absolute atomic E-state index is 0.0469. The van der Waals surface area contributed by atoms with Gasteiger partial charge in [0.2, 0.25) is 0 Å². The Bertz CT molecular complexity index is 971. The van der Waals surface area contributed by atoms with Gasteiger partial charge in [-0.15, -0.1) is 0 Å². The summed E-state index contributed by atoms with van der Waals surface area (Å²) in [6.45, 7) is 4.23. The van der Waals surface area contributed by atoms with Crippen LogP contribution in [0.25, 0.3) is 0 Å². The van der Waals surface area contributed by atoms with Crippen LogP contribution in [0.15, 0.2) is 67.3 Å². The zero-order valence-electron chi connectivity index (χ0n) is 16.7. The molecule has 1 unspecified atom stereocenters. The second-order valence-electron chi connectivity index (χ2n) is 7.36. The quantitative estimate of drug-likeness (QED) is 0.631. The Balaban J connectivity index is 1.45. The maximum atomic E-state index is 12.9. The minimum Gasteiger partial charge on any atom is -0.379 e. The summed E-state index contributed by atoms with van der Waals surface area (Å²) in [5.74, 6) is -0.0808. The van der Waals surface area contributed by atoms with E-state index >= 15 is 0 Å². The first-order chi connectivity index (χ1) is 14.7. The number of benzene rings is 2. The highest BCUT2D eigenvalue weighted by molar-refractivity contribution is 6.30. The molecule has 1 aliphatic rings. The molecule has 3 aromatic rings. The van der Waals surface area contributed by atoms with E-state index in [-0.39, 0.29) is 11.9 Å². The van der Waals surface area contributed by atoms with E-state index in [1.54, 1.807) is 12.5 Å². The third kappa shape index (κ3) is 5.27. The highest BCUT2D eigenvalue weighted by atomic mass is 35.5. The van der Waals surface area contributed by atoms with E-state index in [0.29, 0.717) is 36.9 Å². The van der Waals surface area contributed by atoms with Crippen molar-refractivity contribution < 1.29 is 9.53 Å². The molecule has 1 saturated heterocycles. The molecule has 1 atom stereocenters. The van der Waals surface area contributed by atoms with E-state index in [0.717, 1.165) is 24.2 Å². The summed E-state index contributed by atoms with van der Waals surface area (Å²) in [6.07, 6.45) is 5.42. The Hall–Kier alpha value is -2.67. The second-order valence-corrected chi connectivity index (χ2v) is 7.80. The van der Waals surface area contributed by atoms with Gasteiger partial charge in [0.1, 0.15) is 0 Å². The van der Waals surface area contributed by atoms with Gasteiger partial charge in [-0.2, -0.15) is 0 Å². The van der Waals surface area contributed by atoms with E-state index in [2.05, 4.69) is 21.3 Å². The SMILES string of the molecule is O=C(NCC(c1cccc(Cl)c1)N1CCOCC1)c1cccc(Cn2ccnc2)c1. The Labute approximate surface area is 181 Å². The normalized spacial score (nSPS) is 15.6. The number of aromatic nitrogens is 2. The Morgan fingerprint density at radius 3 is 2.77 bits per heavy atom. The van der Waals surface area contributed by atoms with Crippen molar-refractivity contribution in [3.8, 4) is 0 Å². The van der Waals surface area contributed by atoms with Gasteiger partial charge in [0.15, 0.2) is 0 Å². The molecule has 6 nitrogen and oxygen atoms in total. The third-order valence-corrected chi connectivity index (χ3v) is 5.52. The number of halogens is 1. The number of rotatable bonds is 7. The van der Waals surface area contributed by atoms with E-state index in [4.69, 9.17) is 16.3 Å². The van der Waals surface area contributed by atoms with Gasteiger partial charge in [0.25, 0.3) is 5.91 Å². The number of carbonyl (C=O) groups is 1. The molecule has 1 aromatic heterocycles. The number of imidazole rings is 1. The summed E-state index contributed by atoms with van der Waals surface area (Å²) < 4.78 is 7.48. The van der Waals surface area contributed by atoms with Crippen LogP contribution in [0.1, 0.15) is 27.5 Å². The molecule has 0 radical (unpaired) electrons. The molecule has 30 heavy (non-hydrogen) atoms. The molecule has 7 heteroatoms. The number of amides is 1. The van der Waals surface area contributed by atoms with Crippen LogP contribution in [0.4, 0.5) is 0 Å². The predicted octanol–water partition coefficient (Wildman–Crippen LogP) is 3.39. The fraction of sp³-hybridized carbons (Fsp3) is 0.304. The second kappa shape index (κ2) is 9.89. The topological polar surface area (TPSA) is 59.4 Å². The minimum atomic E-state index is -0.0808. The van der Waals surface area contributed by atoms with Crippen molar-refractivity contribution in [3.63, 3.8) is 0 Å². The summed E-state index contributed by atoms with van der Waals surface area (Å²) in [5, 5.41) is 3.82. The molecule has 4 rings (SSSR count). The van der Waals surface area contributed by atoms with Crippen LogP contribution in [0, 0.1) is 0 Å². The van der Waals surface area contributed by atoms with Crippen molar-refractivity contribution in [3.05, 3.63) is 89.0 Å². The van der Waals surface area contributed by atoms with Crippen LogP contribution in [0.3, 0.4) is 0 Å². The average molecular weight is 425 g/mol. The number of hydrogen-bond acceptors (Lipinski definition) is 4.